The number of nitrogens with one attached hydrogen (secondary N) is 2. The second-order valence-electron chi connectivity index (χ2n) is 4.64. The van der Waals surface area contributed by atoms with Crippen LogP contribution in [0.4, 0.5) is 14.5 Å². The first-order chi connectivity index (χ1) is 10.1. The average molecular weight is 290 g/mol. The summed E-state index contributed by atoms with van der Waals surface area (Å²) in [5, 5.41) is 5.61. The molecule has 6 heteroatoms. The van der Waals surface area contributed by atoms with Crippen molar-refractivity contribution in [1.29, 1.82) is 0 Å². The Balaban J connectivity index is 1.89. The first-order valence-corrected chi connectivity index (χ1v) is 6.33. The van der Waals surface area contributed by atoms with Crippen LogP contribution in [0.1, 0.15) is 11.6 Å². The highest BCUT2D eigenvalue weighted by Gasteiger charge is 2.29. The molecule has 1 heterocycles. The fourth-order valence-corrected chi connectivity index (χ4v) is 2.28. The van der Waals surface area contributed by atoms with Crippen LogP contribution in [-0.2, 0) is 4.79 Å². The summed E-state index contributed by atoms with van der Waals surface area (Å²) in [6.07, 6.45) is 0. The van der Waals surface area contributed by atoms with Gasteiger partial charge in [-0.3, -0.25) is 4.79 Å². The van der Waals surface area contributed by atoms with Gasteiger partial charge in [0.15, 0.2) is 11.6 Å². The van der Waals surface area contributed by atoms with Crippen molar-refractivity contribution in [3.05, 3.63) is 53.6 Å². The molecule has 4 nitrogen and oxygen atoms in total. The van der Waals surface area contributed by atoms with E-state index in [9.17, 15) is 13.6 Å². The smallest absolute Gasteiger partial charge is 0.246 e. The van der Waals surface area contributed by atoms with Crippen molar-refractivity contribution in [2.45, 2.75) is 6.04 Å². The van der Waals surface area contributed by atoms with E-state index >= 15 is 0 Å². The number of carbonyl (C=O) groups excluding carboxylic acids is 1. The van der Waals surface area contributed by atoms with E-state index in [1.807, 2.05) is 0 Å². The summed E-state index contributed by atoms with van der Waals surface area (Å²) in [5.41, 5.74) is 1.41. The summed E-state index contributed by atoms with van der Waals surface area (Å²) in [6.45, 7) is 0. The molecule has 2 N–H and O–H groups in total. The molecule has 0 saturated carbocycles. The van der Waals surface area contributed by atoms with Crippen LogP contribution in [0.15, 0.2) is 36.4 Å². The highest BCUT2D eigenvalue weighted by atomic mass is 19.1. The van der Waals surface area contributed by atoms with Crippen molar-refractivity contribution in [1.82, 2.24) is 5.32 Å². The summed E-state index contributed by atoms with van der Waals surface area (Å²) >= 11 is 0. The van der Waals surface area contributed by atoms with Gasteiger partial charge in [0.05, 0.1) is 0 Å². The topological polar surface area (TPSA) is 50.4 Å². The number of rotatable bonds is 3. The zero-order valence-electron chi connectivity index (χ0n) is 11.1. The van der Waals surface area contributed by atoms with Gasteiger partial charge in [0.25, 0.3) is 0 Å². The van der Waals surface area contributed by atoms with E-state index in [-0.39, 0.29) is 11.7 Å². The summed E-state index contributed by atoms with van der Waals surface area (Å²) < 4.78 is 31.8. The summed E-state index contributed by atoms with van der Waals surface area (Å²) in [4.78, 5) is 11.7. The predicted molar refractivity (Wildman–Crippen MR) is 73.3 cm³/mol. The molecule has 1 aliphatic heterocycles. The number of carbonyl (C=O) groups is 1. The van der Waals surface area contributed by atoms with Gasteiger partial charge in [-0.1, -0.05) is 6.07 Å². The predicted octanol–water partition coefficient (Wildman–Crippen LogP) is 2.97. The van der Waals surface area contributed by atoms with Gasteiger partial charge >= 0.3 is 0 Å². The summed E-state index contributed by atoms with van der Waals surface area (Å²) in [7, 11) is 1.69. The molecule has 0 bridgehead atoms. The third kappa shape index (κ3) is 2.45. The van der Waals surface area contributed by atoms with E-state index in [2.05, 4.69) is 10.6 Å². The quantitative estimate of drug-likeness (QED) is 0.913. The van der Waals surface area contributed by atoms with E-state index in [0.29, 0.717) is 11.4 Å². The Kier molecular flexibility index (Phi) is 3.31. The maximum absolute atomic E-state index is 13.5. The molecule has 1 unspecified atom stereocenters. The monoisotopic (exact) mass is 290 g/mol. The molecule has 2 aromatic carbocycles. The zero-order chi connectivity index (χ0) is 15.0. The van der Waals surface area contributed by atoms with Crippen molar-refractivity contribution >= 4 is 11.6 Å². The molecule has 1 aliphatic rings. The molecule has 0 spiro atoms. The van der Waals surface area contributed by atoms with Crippen LogP contribution in [-0.4, -0.2) is 13.0 Å². The van der Waals surface area contributed by atoms with Gasteiger partial charge in [0.2, 0.25) is 5.91 Å². The minimum atomic E-state index is -0.785. The van der Waals surface area contributed by atoms with Crippen LogP contribution in [0, 0.1) is 11.6 Å². The lowest BCUT2D eigenvalue weighted by Gasteiger charge is -2.09. The molecule has 0 radical (unpaired) electrons. The Morgan fingerprint density at radius 2 is 2.00 bits per heavy atom. The number of benzene rings is 2. The summed E-state index contributed by atoms with van der Waals surface area (Å²) in [6, 6.07) is 7.64. The first-order valence-electron chi connectivity index (χ1n) is 6.33. The Morgan fingerprint density at radius 1 is 1.19 bits per heavy atom. The number of likely N-dealkylation sites (N-methyl/N-ethyl adjacent to an activating group) is 1. The van der Waals surface area contributed by atoms with Crippen molar-refractivity contribution in [3.63, 3.8) is 0 Å². The molecule has 108 valence electrons. The Labute approximate surface area is 119 Å². The molecule has 3 rings (SSSR count). The average Bonchev–Trinajstić information content (AvgIpc) is 2.76. The number of halogens is 2. The Hall–Kier alpha value is -2.47. The maximum atomic E-state index is 13.5. The number of amides is 1. The van der Waals surface area contributed by atoms with Crippen molar-refractivity contribution in [2.24, 2.45) is 0 Å². The molecule has 1 amide bonds. The van der Waals surface area contributed by atoms with Gasteiger partial charge in [-0.15, -0.1) is 0 Å². The van der Waals surface area contributed by atoms with Crippen LogP contribution >= 0.6 is 0 Å². The van der Waals surface area contributed by atoms with Crippen LogP contribution in [0.2, 0.25) is 0 Å². The first kappa shape index (κ1) is 13.5. The SMILES string of the molecule is CNC1C(=O)Nc2cc(Oc3ccc(F)cc3F)ccc21. The molecule has 0 aromatic heterocycles. The third-order valence-electron chi connectivity index (χ3n) is 3.27. The highest BCUT2D eigenvalue weighted by Crippen LogP contribution is 2.35. The van der Waals surface area contributed by atoms with Crippen molar-refractivity contribution in [2.75, 3.05) is 12.4 Å². The standard InChI is InChI=1S/C15H12F2N2O2/c1-18-14-10-4-3-9(7-12(10)19-15(14)20)21-13-5-2-8(16)6-11(13)17/h2-7,14,18H,1H3,(H,19,20). The molecular formula is C15H12F2N2O2. The second kappa shape index (κ2) is 5.14. The largest absolute Gasteiger partial charge is 0.454 e. The van der Waals surface area contributed by atoms with Crippen molar-refractivity contribution in [3.8, 4) is 11.5 Å². The van der Waals surface area contributed by atoms with E-state index < -0.39 is 17.7 Å². The zero-order valence-corrected chi connectivity index (χ0v) is 11.1. The van der Waals surface area contributed by atoms with Crippen LogP contribution in [0.5, 0.6) is 11.5 Å². The lowest BCUT2D eigenvalue weighted by Crippen LogP contribution is -2.23. The van der Waals surface area contributed by atoms with Crippen LogP contribution in [0.3, 0.4) is 0 Å². The van der Waals surface area contributed by atoms with Gasteiger partial charge in [0, 0.05) is 23.4 Å². The normalized spacial score (nSPS) is 16.5. The molecule has 0 aliphatic carbocycles. The van der Waals surface area contributed by atoms with Crippen LogP contribution in [0.25, 0.3) is 0 Å². The number of fused-ring (bicyclic) bond motifs is 1. The highest BCUT2D eigenvalue weighted by molar-refractivity contribution is 6.02. The van der Waals surface area contributed by atoms with E-state index in [1.165, 1.54) is 6.07 Å². The van der Waals surface area contributed by atoms with Gasteiger partial charge in [-0.05, 0) is 25.2 Å². The van der Waals surface area contributed by atoms with Gasteiger partial charge < -0.3 is 15.4 Å². The molecule has 0 saturated heterocycles. The lowest BCUT2D eigenvalue weighted by atomic mass is 10.1. The van der Waals surface area contributed by atoms with Gasteiger partial charge in [-0.25, -0.2) is 8.78 Å². The summed E-state index contributed by atoms with van der Waals surface area (Å²) in [5.74, 6) is -1.33. The molecule has 0 fully saturated rings. The Bertz CT molecular complexity index is 719. The maximum Gasteiger partial charge on any atom is 0.246 e. The minimum absolute atomic E-state index is 0.0779. The van der Waals surface area contributed by atoms with Crippen LogP contribution < -0.4 is 15.4 Å². The van der Waals surface area contributed by atoms with Crippen molar-refractivity contribution < 1.29 is 18.3 Å². The minimum Gasteiger partial charge on any atom is -0.454 e. The third-order valence-corrected chi connectivity index (χ3v) is 3.27. The second-order valence-corrected chi connectivity index (χ2v) is 4.64. The van der Waals surface area contributed by atoms with Gasteiger partial charge in [-0.2, -0.15) is 0 Å². The molecule has 2 aromatic rings. The van der Waals surface area contributed by atoms with E-state index in [0.717, 1.165) is 17.7 Å². The van der Waals surface area contributed by atoms with E-state index in [1.54, 1.807) is 25.2 Å². The number of hydrogen-bond donors (Lipinski definition) is 2. The molecular weight excluding hydrogens is 278 g/mol. The Morgan fingerprint density at radius 3 is 2.71 bits per heavy atom. The molecule has 21 heavy (non-hydrogen) atoms. The number of anilines is 1. The fourth-order valence-electron chi connectivity index (χ4n) is 2.28. The lowest BCUT2D eigenvalue weighted by molar-refractivity contribution is -0.117. The fraction of sp³-hybridized carbons (Fsp3) is 0.133. The number of hydrogen-bond acceptors (Lipinski definition) is 3. The molecule has 1 atom stereocenters. The number of ether oxygens (including phenoxy) is 1. The van der Waals surface area contributed by atoms with E-state index in [4.69, 9.17) is 4.74 Å². The van der Waals surface area contributed by atoms with Gasteiger partial charge in [0.1, 0.15) is 17.6 Å².